The van der Waals surface area contributed by atoms with E-state index in [-0.39, 0.29) is 11.3 Å². The zero-order valence-electron chi connectivity index (χ0n) is 9.28. The Labute approximate surface area is 102 Å². The summed E-state index contributed by atoms with van der Waals surface area (Å²) < 4.78 is 12.2. The van der Waals surface area contributed by atoms with Gasteiger partial charge in [-0.1, -0.05) is 18.2 Å². The molecule has 0 aliphatic heterocycles. The van der Waals surface area contributed by atoms with E-state index in [2.05, 4.69) is 0 Å². The third kappa shape index (κ3) is 2.56. The van der Waals surface area contributed by atoms with Crippen LogP contribution < -0.4 is 5.73 Å². The Morgan fingerprint density at radius 2 is 1.94 bits per heavy atom. The molecular weight excluding hydrogens is 238 g/mol. The van der Waals surface area contributed by atoms with Crippen LogP contribution in [0.2, 0.25) is 0 Å². The second-order valence-electron chi connectivity index (χ2n) is 4.31. The monoisotopic (exact) mass is 253 g/mol. The molecule has 0 bridgehead atoms. The molecule has 1 aliphatic rings. The maximum absolute atomic E-state index is 12.2. The molecule has 0 saturated heterocycles. The van der Waals surface area contributed by atoms with Crippen LogP contribution >= 0.6 is 0 Å². The molecule has 0 amide bonds. The van der Waals surface area contributed by atoms with Gasteiger partial charge in [0.25, 0.3) is 0 Å². The highest BCUT2D eigenvalue weighted by Crippen LogP contribution is 2.31. The summed E-state index contributed by atoms with van der Waals surface area (Å²) in [5.41, 5.74) is 5.77. The molecular formula is C12H15NO3S. The molecule has 17 heavy (non-hydrogen) atoms. The summed E-state index contributed by atoms with van der Waals surface area (Å²) >= 11 is 0. The number of carboxylic acid groups (broad SMARTS) is 1. The van der Waals surface area contributed by atoms with E-state index >= 15 is 0 Å². The van der Waals surface area contributed by atoms with E-state index in [0.29, 0.717) is 12.8 Å². The van der Waals surface area contributed by atoms with Gasteiger partial charge in [0, 0.05) is 16.2 Å². The number of carboxylic acids is 1. The topological polar surface area (TPSA) is 80.4 Å². The lowest BCUT2D eigenvalue weighted by atomic mass is 10.1. The fourth-order valence-corrected chi connectivity index (χ4v) is 3.82. The summed E-state index contributed by atoms with van der Waals surface area (Å²) in [6, 6.07) is 8.74. The molecule has 2 rings (SSSR count). The van der Waals surface area contributed by atoms with E-state index in [1.807, 2.05) is 18.2 Å². The van der Waals surface area contributed by atoms with E-state index in [1.54, 1.807) is 12.1 Å². The first kappa shape index (κ1) is 12.3. The molecule has 1 aliphatic carbocycles. The second kappa shape index (κ2) is 4.98. The van der Waals surface area contributed by atoms with Crippen LogP contribution in [0.4, 0.5) is 0 Å². The fraction of sp³-hybridized carbons (Fsp3) is 0.417. The van der Waals surface area contributed by atoms with Crippen LogP contribution in [-0.2, 0) is 15.6 Å². The van der Waals surface area contributed by atoms with Crippen molar-refractivity contribution in [3.05, 3.63) is 30.3 Å². The Morgan fingerprint density at radius 3 is 2.47 bits per heavy atom. The van der Waals surface area contributed by atoms with Crippen LogP contribution in [0.25, 0.3) is 0 Å². The SMILES string of the molecule is NC1CC(S(=O)c2ccccc2)CC1C(=O)O. The summed E-state index contributed by atoms with van der Waals surface area (Å²) in [5.74, 6) is -1.45. The van der Waals surface area contributed by atoms with Crippen LogP contribution in [0.1, 0.15) is 12.8 Å². The van der Waals surface area contributed by atoms with Crippen LogP contribution in [0.5, 0.6) is 0 Å². The van der Waals surface area contributed by atoms with Gasteiger partial charge in [0.15, 0.2) is 0 Å². The van der Waals surface area contributed by atoms with Crippen molar-refractivity contribution in [2.45, 2.75) is 29.0 Å². The van der Waals surface area contributed by atoms with Gasteiger partial charge in [0.05, 0.1) is 16.7 Å². The summed E-state index contributed by atoms with van der Waals surface area (Å²) in [6.07, 6.45) is 0.913. The van der Waals surface area contributed by atoms with Gasteiger partial charge < -0.3 is 10.8 Å². The smallest absolute Gasteiger partial charge is 0.308 e. The first-order chi connectivity index (χ1) is 8.09. The van der Waals surface area contributed by atoms with Gasteiger partial charge in [-0.25, -0.2) is 0 Å². The molecule has 0 heterocycles. The molecule has 4 atom stereocenters. The van der Waals surface area contributed by atoms with Gasteiger partial charge in [0.2, 0.25) is 0 Å². The lowest BCUT2D eigenvalue weighted by molar-refractivity contribution is -0.141. The Kier molecular flexibility index (Phi) is 3.59. The zero-order valence-corrected chi connectivity index (χ0v) is 10.1. The minimum atomic E-state index is -1.16. The predicted octanol–water partition coefficient (Wildman–Crippen LogP) is 0.985. The van der Waals surface area contributed by atoms with E-state index in [0.717, 1.165) is 4.90 Å². The Hall–Kier alpha value is -1.20. The van der Waals surface area contributed by atoms with Gasteiger partial charge in [-0.2, -0.15) is 0 Å². The maximum atomic E-state index is 12.2. The van der Waals surface area contributed by atoms with Crippen molar-refractivity contribution < 1.29 is 14.1 Å². The first-order valence-electron chi connectivity index (χ1n) is 5.53. The van der Waals surface area contributed by atoms with Gasteiger partial charge in [-0.05, 0) is 25.0 Å². The molecule has 3 N–H and O–H groups in total. The second-order valence-corrected chi connectivity index (χ2v) is 6.05. The van der Waals surface area contributed by atoms with E-state index in [1.165, 1.54) is 0 Å². The standard InChI is InChI=1S/C12H15NO3S/c13-11-7-9(6-10(11)12(14)15)17(16)8-4-2-1-3-5-8/h1-5,9-11H,6-7,13H2,(H,14,15). The lowest BCUT2D eigenvalue weighted by Gasteiger charge is -2.09. The minimum Gasteiger partial charge on any atom is -0.481 e. The van der Waals surface area contributed by atoms with Crippen LogP contribution in [0, 0.1) is 5.92 Å². The predicted molar refractivity (Wildman–Crippen MR) is 65.0 cm³/mol. The van der Waals surface area contributed by atoms with Crippen molar-refractivity contribution in [2.24, 2.45) is 11.7 Å². The van der Waals surface area contributed by atoms with Gasteiger partial charge >= 0.3 is 5.97 Å². The van der Waals surface area contributed by atoms with Gasteiger partial charge in [-0.15, -0.1) is 0 Å². The van der Waals surface area contributed by atoms with E-state index in [9.17, 15) is 9.00 Å². The van der Waals surface area contributed by atoms with Crippen LogP contribution in [0.3, 0.4) is 0 Å². The molecule has 4 nitrogen and oxygen atoms in total. The molecule has 1 saturated carbocycles. The van der Waals surface area contributed by atoms with Gasteiger partial charge in [0.1, 0.15) is 0 Å². The number of hydrogen-bond acceptors (Lipinski definition) is 3. The quantitative estimate of drug-likeness (QED) is 0.841. The zero-order chi connectivity index (χ0) is 12.4. The average molecular weight is 253 g/mol. The molecule has 1 aromatic carbocycles. The number of benzene rings is 1. The van der Waals surface area contributed by atoms with E-state index in [4.69, 9.17) is 10.8 Å². The maximum Gasteiger partial charge on any atom is 0.308 e. The average Bonchev–Trinajstić information content (AvgIpc) is 2.71. The van der Waals surface area contributed by atoms with Crippen molar-refractivity contribution in [1.29, 1.82) is 0 Å². The molecule has 4 unspecified atom stereocenters. The summed E-state index contributed by atoms with van der Waals surface area (Å²) in [5, 5.41) is 8.83. The third-order valence-electron chi connectivity index (χ3n) is 3.16. The molecule has 0 spiro atoms. The summed E-state index contributed by atoms with van der Waals surface area (Å²) in [6.45, 7) is 0. The largest absolute Gasteiger partial charge is 0.481 e. The summed E-state index contributed by atoms with van der Waals surface area (Å²) in [4.78, 5) is 11.7. The molecule has 1 aromatic rings. The molecule has 0 radical (unpaired) electrons. The Morgan fingerprint density at radius 1 is 1.29 bits per heavy atom. The van der Waals surface area contributed by atoms with Crippen molar-refractivity contribution in [3.63, 3.8) is 0 Å². The number of carbonyl (C=O) groups is 1. The lowest BCUT2D eigenvalue weighted by Crippen LogP contribution is -2.30. The highest BCUT2D eigenvalue weighted by Gasteiger charge is 2.39. The van der Waals surface area contributed by atoms with Crippen molar-refractivity contribution in [2.75, 3.05) is 0 Å². The van der Waals surface area contributed by atoms with Gasteiger partial charge in [-0.3, -0.25) is 9.00 Å². The number of nitrogens with two attached hydrogens (primary N) is 1. The number of rotatable bonds is 3. The highest BCUT2D eigenvalue weighted by atomic mass is 32.2. The minimum absolute atomic E-state index is 0.145. The Bertz CT molecular complexity index is 435. The molecule has 5 heteroatoms. The molecule has 1 fully saturated rings. The first-order valence-corrected chi connectivity index (χ1v) is 6.75. The fourth-order valence-electron chi connectivity index (χ4n) is 2.23. The normalized spacial score (nSPS) is 30.1. The molecule has 0 aromatic heterocycles. The van der Waals surface area contributed by atoms with Crippen molar-refractivity contribution >= 4 is 16.8 Å². The number of aliphatic carboxylic acids is 1. The molecule has 92 valence electrons. The van der Waals surface area contributed by atoms with Crippen LogP contribution in [-0.4, -0.2) is 26.6 Å². The van der Waals surface area contributed by atoms with E-state index < -0.39 is 22.7 Å². The highest BCUT2D eigenvalue weighted by molar-refractivity contribution is 7.85. The summed E-state index contributed by atoms with van der Waals surface area (Å²) in [7, 11) is -1.16. The number of hydrogen-bond donors (Lipinski definition) is 2. The van der Waals surface area contributed by atoms with Crippen molar-refractivity contribution in [3.8, 4) is 0 Å². The van der Waals surface area contributed by atoms with Crippen molar-refractivity contribution in [1.82, 2.24) is 0 Å². The Balaban J connectivity index is 2.11. The third-order valence-corrected chi connectivity index (χ3v) is 4.89. The van der Waals surface area contributed by atoms with Crippen LogP contribution in [0.15, 0.2) is 35.2 Å².